The lowest BCUT2D eigenvalue weighted by Crippen LogP contribution is -2.01. The van der Waals surface area contributed by atoms with Crippen LogP contribution in [0.2, 0.25) is 0 Å². The van der Waals surface area contributed by atoms with Crippen LogP contribution < -0.4 is 0 Å². The summed E-state index contributed by atoms with van der Waals surface area (Å²) in [6, 6.07) is 0. The lowest BCUT2D eigenvalue weighted by atomic mass is 10.1. The number of carboxylic acid groups (broad SMARTS) is 1. The number of hydrogen-bond donors (Lipinski definition) is 2. The quantitative estimate of drug-likeness (QED) is 0.296. The van der Waals surface area contributed by atoms with Crippen molar-refractivity contribution in [3.05, 3.63) is 36.5 Å². The SMILES string of the molecule is CC/C=C\C/C=C\C=C\C(O)CCCCCCCC(=O)O. The van der Waals surface area contributed by atoms with Crippen molar-refractivity contribution in [3.8, 4) is 0 Å². The van der Waals surface area contributed by atoms with E-state index in [-0.39, 0.29) is 12.5 Å². The molecule has 0 radical (unpaired) electrons. The van der Waals surface area contributed by atoms with Crippen LogP contribution >= 0.6 is 0 Å². The molecule has 0 aromatic carbocycles. The van der Waals surface area contributed by atoms with Crippen LogP contribution in [0.5, 0.6) is 0 Å². The number of unbranched alkanes of at least 4 members (excludes halogenated alkanes) is 4. The van der Waals surface area contributed by atoms with Crippen molar-refractivity contribution >= 4 is 5.97 Å². The monoisotopic (exact) mass is 294 g/mol. The average Bonchev–Trinajstić information content (AvgIpc) is 2.45. The third-order valence-electron chi connectivity index (χ3n) is 3.15. The molecule has 0 aliphatic rings. The number of hydrogen-bond acceptors (Lipinski definition) is 2. The lowest BCUT2D eigenvalue weighted by molar-refractivity contribution is -0.137. The highest BCUT2D eigenvalue weighted by Gasteiger charge is 1.99. The van der Waals surface area contributed by atoms with Gasteiger partial charge in [-0.25, -0.2) is 0 Å². The number of allylic oxidation sites excluding steroid dienone is 5. The number of aliphatic hydroxyl groups is 1. The molecule has 3 heteroatoms. The molecule has 1 unspecified atom stereocenters. The molecule has 0 fully saturated rings. The standard InChI is InChI=1S/C18H30O3/c1-2-3-4-5-6-8-11-14-17(19)15-12-9-7-10-13-16-18(20)21/h3-4,6,8,11,14,17,19H,2,5,7,9-10,12-13,15-16H2,1H3,(H,20,21)/b4-3-,8-6-,14-11+. The molecule has 21 heavy (non-hydrogen) atoms. The molecule has 0 rings (SSSR count). The van der Waals surface area contributed by atoms with Gasteiger partial charge in [0, 0.05) is 6.42 Å². The summed E-state index contributed by atoms with van der Waals surface area (Å²) in [4.78, 5) is 10.3. The summed E-state index contributed by atoms with van der Waals surface area (Å²) >= 11 is 0. The summed E-state index contributed by atoms with van der Waals surface area (Å²) in [6.45, 7) is 2.11. The number of aliphatic carboxylic acids is 1. The Morgan fingerprint density at radius 2 is 1.71 bits per heavy atom. The molecule has 0 aromatic rings. The smallest absolute Gasteiger partial charge is 0.303 e. The summed E-state index contributed by atoms with van der Waals surface area (Å²) in [5, 5.41) is 18.3. The molecule has 1 atom stereocenters. The van der Waals surface area contributed by atoms with Crippen molar-refractivity contribution in [2.45, 2.75) is 70.8 Å². The number of aliphatic hydroxyl groups excluding tert-OH is 1. The largest absolute Gasteiger partial charge is 0.481 e. The van der Waals surface area contributed by atoms with Crippen LogP contribution in [0.25, 0.3) is 0 Å². The Labute approximate surface area is 129 Å². The lowest BCUT2D eigenvalue weighted by Gasteiger charge is -2.04. The van der Waals surface area contributed by atoms with E-state index in [2.05, 4.69) is 25.2 Å². The van der Waals surface area contributed by atoms with Crippen molar-refractivity contribution in [1.82, 2.24) is 0 Å². The van der Waals surface area contributed by atoms with E-state index >= 15 is 0 Å². The fourth-order valence-electron chi connectivity index (χ4n) is 1.95. The third-order valence-corrected chi connectivity index (χ3v) is 3.15. The Kier molecular flexibility index (Phi) is 14.1. The van der Waals surface area contributed by atoms with E-state index in [1.54, 1.807) is 0 Å². The van der Waals surface area contributed by atoms with E-state index in [1.165, 1.54) is 0 Å². The third kappa shape index (κ3) is 16.6. The van der Waals surface area contributed by atoms with E-state index in [9.17, 15) is 9.90 Å². The van der Waals surface area contributed by atoms with Crippen molar-refractivity contribution < 1.29 is 15.0 Å². The molecule has 120 valence electrons. The fourth-order valence-corrected chi connectivity index (χ4v) is 1.95. The average molecular weight is 294 g/mol. The maximum Gasteiger partial charge on any atom is 0.303 e. The Balaban J connectivity index is 3.46. The molecule has 0 saturated heterocycles. The van der Waals surface area contributed by atoms with Crippen LogP contribution in [-0.4, -0.2) is 22.3 Å². The zero-order valence-corrected chi connectivity index (χ0v) is 13.2. The van der Waals surface area contributed by atoms with Crippen molar-refractivity contribution in [2.75, 3.05) is 0 Å². The number of rotatable bonds is 13. The van der Waals surface area contributed by atoms with Gasteiger partial charge < -0.3 is 10.2 Å². The molecule has 0 amide bonds. The van der Waals surface area contributed by atoms with Gasteiger partial charge in [-0.2, -0.15) is 0 Å². The second-order valence-electron chi connectivity index (χ2n) is 5.20. The van der Waals surface area contributed by atoms with Gasteiger partial charge in [-0.05, 0) is 25.7 Å². The van der Waals surface area contributed by atoms with Gasteiger partial charge in [0.1, 0.15) is 0 Å². The van der Waals surface area contributed by atoms with Gasteiger partial charge in [-0.3, -0.25) is 4.79 Å². The van der Waals surface area contributed by atoms with Crippen LogP contribution in [0.3, 0.4) is 0 Å². The summed E-state index contributed by atoms with van der Waals surface area (Å²) in [5.41, 5.74) is 0. The summed E-state index contributed by atoms with van der Waals surface area (Å²) in [5.74, 6) is -0.714. The molecule has 2 N–H and O–H groups in total. The molecule has 0 heterocycles. The van der Waals surface area contributed by atoms with Gasteiger partial charge in [0.15, 0.2) is 0 Å². The van der Waals surface area contributed by atoms with Crippen LogP contribution in [0.15, 0.2) is 36.5 Å². The predicted molar refractivity (Wildman–Crippen MR) is 88.3 cm³/mol. The van der Waals surface area contributed by atoms with Crippen molar-refractivity contribution in [3.63, 3.8) is 0 Å². The van der Waals surface area contributed by atoms with Crippen molar-refractivity contribution in [1.29, 1.82) is 0 Å². The minimum atomic E-state index is -0.714. The predicted octanol–water partition coefficient (Wildman–Crippen LogP) is 4.63. The Bertz CT molecular complexity index is 329. The first-order valence-corrected chi connectivity index (χ1v) is 8.05. The zero-order valence-electron chi connectivity index (χ0n) is 13.2. The van der Waals surface area contributed by atoms with Gasteiger partial charge in [-0.1, -0.05) is 69.1 Å². The molecular weight excluding hydrogens is 264 g/mol. The maximum absolute atomic E-state index is 10.3. The molecule has 0 saturated carbocycles. The normalized spacial score (nSPS) is 13.6. The first kappa shape index (κ1) is 19.7. The highest BCUT2D eigenvalue weighted by Crippen LogP contribution is 2.09. The number of carboxylic acids is 1. The molecular formula is C18H30O3. The molecule has 0 aliphatic heterocycles. The van der Waals surface area contributed by atoms with E-state index in [1.807, 2.05) is 18.2 Å². The summed E-state index contributed by atoms with van der Waals surface area (Å²) in [6.07, 6.45) is 19.5. The Morgan fingerprint density at radius 3 is 2.43 bits per heavy atom. The van der Waals surface area contributed by atoms with Gasteiger partial charge in [0.25, 0.3) is 0 Å². The second kappa shape index (κ2) is 15.0. The molecule has 0 aliphatic carbocycles. The highest BCUT2D eigenvalue weighted by atomic mass is 16.4. The van der Waals surface area contributed by atoms with Crippen LogP contribution in [-0.2, 0) is 4.79 Å². The summed E-state index contributed by atoms with van der Waals surface area (Å²) < 4.78 is 0. The van der Waals surface area contributed by atoms with E-state index < -0.39 is 5.97 Å². The zero-order chi connectivity index (χ0) is 15.8. The van der Waals surface area contributed by atoms with Gasteiger partial charge in [-0.15, -0.1) is 0 Å². The van der Waals surface area contributed by atoms with E-state index in [0.29, 0.717) is 0 Å². The fraction of sp³-hybridized carbons (Fsp3) is 0.611. The topological polar surface area (TPSA) is 57.5 Å². The molecule has 0 bridgehead atoms. The van der Waals surface area contributed by atoms with Crippen molar-refractivity contribution in [2.24, 2.45) is 0 Å². The van der Waals surface area contributed by atoms with Crippen LogP contribution in [0.1, 0.15) is 64.7 Å². The Hall–Kier alpha value is -1.35. The first-order valence-electron chi connectivity index (χ1n) is 8.05. The first-order chi connectivity index (χ1) is 10.2. The highest BCUT2D eigenvalue weighted by molar-refractivity contribution is 5.66. The van der Waals surface area contributed by atoms with E-state index in [4.69, 9.17) is 5.11 Å². The van der Waals surface area contributed by atoms with Gasteiger partial charge >= 0.3 is 5.97 Å². The van der Waals surface area contributed by atoms with Crippen LogP contribution in [0, 0.1) is 0 Å². The second-order valence-corrected chi connectivity index (χ2v) is 5.20. The Morgan fingerprint density at radius 1 is 1.00 bits per heavy atom. The minimum Gasteiger partial charge on any atom is -0.481 e. The summed E-state index contributed by atoms with van der Waals surface area (Å²) in [7, 11) is 0. The number of carbonyl (C=O) groups is 1. The van der Waals surface area contributed by atoms with Gasteiger partial charge in [0.05, 0.1) is 6.10 Å². The van der Waals surface area contributed by atoms with E-state index in [0.717, 1.165) is 51.4 Å². The maximum atomic E-state index is 10.3. The molecule has 0 spiro atoms. The van der Waals surface area contributed by atoms with Crippen LogP contribution in [0.4, 0.5) is 0 Å². The molecule has 0 aromatic heterocycles. The minimum absolute atomic E-state index is 0.269. The van der Waals surface area contributed by atoms with Gasteiger partial charge in [0.2, 0.25) is 0 Å². The molecule has 3 nitrogen and oxygen atoms in total.